The van der Waals surface area contributed by atoms with Crippen molar-refractivity contribution in [2.24, 2.45) is 0 Å². The highest BCUT2D eigenvalue weighted by Gasteiger charge is 2.26. The SMILES string of the molecule is CC(C)NS(=O)(=O)c1ccccc1NC(C)(CO)CO. The molecule has 6 nitrogen and oxygen atoms in total. The first-order chi connectivity index (χ1) is 9.24. The molecule has 0 unspecified atom stereocenters. The minimum Gasteiger partial charge on any atom is -0.394 e. The van der Waals surface area contributed by atoms with E-state index >= 15 is 0 Å². The number of aliphatic hydroxyl groups is 2. The molecule has 0 aliphatic heterocycles. The quantitative estimate of drug-likeness (QED) is 0.589. The van der Waals surface area contributed by atoms with Crippen LogP contribution in [0, 0.1) is 0 Å². The van der Waals surface area contributed by atoms with Crippen molar-refractivity contribution in [2.75, 3.05) is 18.5 Å². The first-order valence-corrected chi connectivity index (χ1v) is 7.84. The highest BCUT2D eigenvalue weighted by atomic mass is 32.2. The van der Waals surface area contributed by atoms with Gasteiger partial charge in [-0.15, -0.1) is 0 Å². The predicted molar refractivity (Wildman–Crippen MR) is 78.1 cm³/mol. The van der Waals surface area contributed by atoms with Crippen molar-refractivity contribution in [1.29, 1.82) is 0 Å². The fraction of sp³-hybridized carbons (Fsp3) is 0.538. The molecule has 0 aromatic heterocycles. The molecule has 0 fully saturated rings. The second kappa shape index (κ2) is 6.53. The minimum absolute atomic E-state index is 0.0850. The van der Waals surface area contributed by atoms with E-state index in [0.29, 0.717) is 5.69 Å². The zero-order valence-electron chi connectivity index (χ0n) is 11.9. The van der Waals surface area contributed by atoms with Gasteiger partial charge in [0.2, 0.25) is 10.0 Å². The average Bonchev–Trinajstić information content (AvgIpc) is 2.37. The maximum Gasteiger partial charge on any atom is 0.242 e. The van der Waals surface area contributed by atoms with Gasteiger partial charge in [-0.3, -0.25) is 0 Å². The van der Waals surface area contributed by atoms with Gasteiger partial charge in [0.1, 0.15) is 4.90 Å². The summed E-state index contributed by atoms with van der Waals surface area (Å²) in [6, 6.07) is 6.15. The third-order valence-electron chi connectivity index (χ3n) is 2.70. The number of nitrogens with one attached hydrogen (secondary N) is 2. The van der Waals surface area contributed by atoms with Crippen LogP contribution in [0.15, 0.2) is 29.2 Å². The highest BCUT2D eigenvalue weighted by molar-refractivity contribution is 7.89. The van der Waals surface area contributed by atoms with E-state index in [1.54, 1.807) is 39.0 Å². The van der Waals surface area contributed by atoms with E-state index in [1.807, 2.05) is 0 Å². The van der Waals surface area contributed by atoms with Gasteiger partial charge in [0.25, 0.3) is 0 Å². The molecular weight excluding hydrogens is 280 g/mol. The number of para-hydroxylation sites is 1. The van der Waals surface area contributed by atoms with E-state index < -0.39 is 15.6 Å². The maximum atomic E-state index is 12.2. The molecule has 0 radical (unpaired) electrons. The molecule has 1 aromatic rings. The van der Waals surface area contributed by atoms with Crippen LogP contribution >= 0.6 is 0 Å². The summed E-state index contributed by atoms with van der Waals surface area (Å²) in [6.07, 6.45) is 0. The van der Waals surface area contributed by atoms with Gasteiger partial charge in [-0.1, -0.05) is 12.1 Å². The summed E-state index contributed by atoms with van der Waals surface area (Å²) in [4.78, 5) is 0.0850. The van der Waals surface area contributed by atoms with Gasteiger partial charge in [0, 0.05) is 6.04 Å². The number of hydrogen-bond acceptors (Lipinski definition) is 5. The minimum atomic E-state index is -3.65. The van der Waals surface area contributed by atoms with E-state index in [9.17, 15) is 18.6 Å². The van der Waals surface area contributed by atoms with Gasteiger partial charge in [-0.2, -0.15) is 0 Å². The van der Waals surface area contributed by atoms with E-state index in [2.05, 4.69) is 10.0 Å². The first-order valence-electron chi connectivity index (χ1n) is 6.35. The van der Waals surface area contributed by atoms with Gasteiger partial charge in [0.15, 0.2) is 0 Å². The lowest BCUT2D eigenvalue weighted by Crippen LogP contribution is -2.43. The van der Waals surface area contributed by atoms with Gasteiger partial charge >= 0.3 is 0 Å². The number of sulfonamides is 1. The largest absolute Gasteiger partial charge is 0.394 e. The third kappa shape index (κ3) is 4.17. The molecule has 0 atom stereocenters. The molecular formula is C13H22N2O4S. The Kier molecular flexibility index (Phi) is 5.52. The Bertz CT molecular complexity index is 539. The zero-order chi connectivity index (χ0) is 15.4. The molecule has 0 heterocycles. The lowest BCUT2D eigenvalue weighted by Gasteiger charge is -2.28. The maximum absolute atomic E-state index is 12.2. The fourth-order valence-electron chi connectivity index (χ4n) is 1.63. The van der Waals surface area contributed by atoms with E-state index in [1.165, 1.54) is 6.07 Å². The van der Waals surface area contributed by atoms with E-state index in [0.717, 1.165) is 0 Å². The van der Waals surface area contributed by atoms with Crippen molar-refractivity contribution < 1.29 is 18.6 Å². The third-order valence-corrected chi connectivity index (χ3v) is 4.42. The molecule has 114 valence electrons. The van der Waals surface area contributed by atoms with Crippen LogP contribution in [0.5, 0.6) is 0 Å². The van der Waals surface area contributed by atoms with Crippen molar-refractivity contribution >= 4 is 15.7 Å². The van der Waals surface area contributed by atoms with Crippen LogP contribution in [0.1, 0.15) is 20.8 Å². The smallest absolute Gasteiger partial charge is 0.242 e. The standard InChI is InChI=1S/C13H22N2O4S/c1-10(2)15-20(18,19)12-7-5-4-6-11(12)14-13(3,8-16)9-17/h4-7,10,14-17H,8-9H2,1-3H3. The second-order valence-corrected chi connectivity index (χ2v) is 6.96. The van der Waals surface area contributed by atoms with Gasteiger partial charge < -0.3 is 15.5 Å². The number of benzene rings is 1. The summed E-state index contributed by atoms with van der Waals surface area (Å²) in [5.41, 5.74) is -0.657. The Morgan fingerprint density at radius 2 is 1.75 bits per heavy atom. The number of rotatable bonds is 7. The Hall–Kier alpha value is -1.15. The van der Waals surface area contributed by atoms with E-state index in [-0.39, 0.29) is 24.2 Å². The number of aliphatic hydroxyl groups excluding tert-OH is 2. The molecule has 0 spiro atoms. The van der Waals surface area contributed by atoms with Crippen LogP contribution in [0.4, 0.5) is 5.69 Å². The molecule has 7 heteroatoms. The topological polar surface area (TPSA) is 98.7 Å². The molecule has 0 aliphatic rings. The summed E-state index contributed by atoms with van der Waals surface area (Å²) < 4.78 is 27.0. The van der Waals surface area contributed by atoms with Crippen LogP contribution in [-0.4, -0.2) is 43.4 Å². The Balaban J connectivity index is 3.18. The summed E-state index contributed by atoms with van der Waals surface area (Å²) in [7, 11) is -3.65. The summed E-state index contributed by atoms with van der Waals surface area (Å²) in [6.45, 7) is 4.43. The second-order valence-electron chi connectivity index (χ2n) is 5.27. The molecule has 0 amide bonds. The molecule has 0 saturated heterocycles. The Morgan fingerprint density at radius 3 is 2.25 bits per heavy atom. The normalized spacial score (nSPS) is 12.7. The van der Waals surface area contributed by atoms with Gasteiger partial charge in [-0.25, -0.2) is 13.1 Å². The highest BCUT2D eigenvalue weighted by Crippen LogP contribution is 2.24. The van der Waals surface area contributed by atoms with Crippen molar-refractivity contribution in [1.82, 2.24) is 4.72 Å². The molecule has 20 heavy (non-hydrogen) atoms. The number of anilines is 1. The van der Waals surface area contributed by atoms with Crippen LogP contribution < -0.4 is 10.0 Å². The van der Waals surface area contributed by atoms with Crippen molar-refractivity contribution in [3.05, 3.63) is 24.3 Å². The molecule has 0 bridgehead atoms. The van der Waals surface area contributed by atoms with Crippen LogP contribution in [0.25, 0.3) is 0 Å². The molecule has 0 aliphatic carbocycles. The summed E-state index contributed by atoms with van der Waals surface area (Å²) in [5.74, 6) is 0. The lowest BCUT2D eigenvalue weighted by molar-refractivity contribution is 0.147. The summed E-state index contributed by atoms with van der Waals surface area (Å²) in [5, 5.41) is 21.5. The Labute approximate surface area is 119 Å². The van der Waals surface area contributed by atoms with Crippen LogP contribution in [0.2, 0.25) is 0 Å². The van der Waals surface area contributed by atoms with Crippen molar-refractivity contribution in [3.8, 4) is 0 Å². The molecule has 1 rings (SSSR count). The number of hydrogen-bond donors (Lipinski definition) is 4. The molecule has 0 saturated carbocycles. The fourth-order valence-corrected chi connectivity index (χ4v) is 3.05. The Morgan fingerprint density at radius 1 is 1.20 bits per heavy atom. The average molecular weight is 302 g/mol. The predicted octanol–water partition coefficient (Wildman–Crippen LogP) is 0.528. The van der Waals surface area contributed by atoms with Gasteiger partial charge in [0.05, 0.1) is 24.4 Å². The van der Waals surface area contributed by atoms with Crippen molar-refractivity contribution in [3.63, 3.8) is 0 Å². The van der Waals surface area contributed by atoms with Crippen LogP contribution in [0.3, 0.4) is 0 Å². The molecule has 1 aromatic carbocycles. The van der Waals surface area contributed by atoms with Crippen LogP contribution in [-0.2, 0) is 10.0 Å². The lowest BCUT2D eigenvalue weighted by atomic mass is 10.1. The zero-order valence-corrected chi connectivity index (χ0v) is 12.7. The summed E-state index contributed by atoms with van der Waals surface area (Å²) >= 11 is 0. The monoisotopic (exact) mass is 302 g/mol. The first kappa shape index (κ1) is 16.9. The van der Waals surface area contributed by atoms with E-state index in [4.69, 9.17) is 0 Å². The van der Waals surface area contributed by atoms with Gasteiger partial charge in [-0.05, 0) is 32.9 Å². The molecule has 4 N–H and O–H groups in total. The van der Waals surface area contributed by atoms with Crippen molar-refractivity contribution in [2.45, 2.75) is 37.2 Å².